The van der Waals surface area contributed by atoms with Gasteiger partial charge in [-0.15, -0.1) is 0 Å². The van der Waals surface area contributed by atoms with E-state index in [1.807, 2.05) is 31.2 Å². The Kier molecular flexibility index (Phi) is 9.13. The van der Waals surface area contributed by atoms with Crippen molar-refractivity contribution in [1.29, 1.82) is 0 Å². The van der Waals surface area contributed by atoms with Gasteiger partial charge in [-0.1, -0.05) is 48.5 Å². The summed E-state index contributed by atoms with van der Waals surface area (Å²) in [6.07, 6.45) is 1.63. The number of nitrogens with one attached hydrogen (secondary N) is 1. The van der Waals surface area contributed by atoms with Gasteiger partial charge >= 0.3 is 0 Å². The Morgan fingerprint density at radius 2 is 1.68 bits per heavy atom. The van der Waals surface area contributed by atoms with Gasteiger partial charge in [-0.05, 0) is 55.7 Å². The number of hydrogen-bond acceptors (Lipinski definition) is 4. The number of quaternary nitrogens is 1. The molecule has 0 spiro atoms. The molecule has 2 aromatic carbocycles. The van der Waals surface area contributed by atoms with Crippen LogP contribution < -0.4 is 14.7 Å². The van der Waals surface area contributed by atoms with Crippen molar-refractivity contribution in [2.75, 3.05) is 32.8 Å². The minimum absolute atomic E-state index is 0.00950. The standard InChI is InChI=1S/C27H33ClN2O4/c1-4-18-34-22-14-10-19(11-15-22)24-23(25(31)20-8-12-21(28)13-9-20)26(32)27(33)30(24)17-7-16-29(5-2)6-3/h8-15,24,31H,4-7,16-18H2,1-3H3. The molecule has 1 amide bonds. The molecule has 1 aliphatic rings. The summed E-state index contributed by atoms with van der Waals surface area (Å²) < 4.78 is 5.68. The highest BCUT2D eigenvalue weighted by Crippen LogP contribution is 2.39. The van der Waals surface area contributed by atoms with E-state index in [1.54, 1.807) is 29.2 Å². The molecule has 1 heterocycles. The summed E-state index contributed by atoms with van der Waals surface area (Å²) in [6.45, 7) is 10.2. The Hall–Kier alpha value is -2.83. The third-order valence-electron chi connectivity index (χ3n) is 6.23. The van der Waals surface area contributed by atoms with Crippen LogP contribution in [0.1, 0.15) is 50.8 Å². The first-order chi connectivity index (χ1) is 16.4. The first kappa shape index (κ1) is 25.8. The van der Waals surface area contributed by atoms with E-state index in [0.29, 0.717) is 29.5 Å². The van der Waals surface area contributed by atoms with Gasteiger partial charge in [0.1, 0.15) is 5.75 Å². The van der Waals surface area contributed by atoms with Crippen molar-refractivity contribution in [1.82, 2.24) is 4.90 Å². The maximum atomic E-state index is 13.4. The van der Waals surface area contributed by atoms with Crippen LogP contribution in [0.2, 0.25) is 5.02 Å². The lowest BCUT2D eigenvalue weighted by atomic mass is 9.95. The van der Waals surface area contributed by atoms with Crippen LogP contribution in [-0.4, -0.2) is 49.4 Å². The van der Waals surface area contributed by atoms with E-state index >= 15 is 0 Å². The molecule has 1 unspecified atom stereocenters. The number of likely N-dealkylation sites (tertiary alicyclic amines) is 1. The number of Topliss-reactive ketones (excluding diaryl/α,β-unsaturated/α-hetero) is 1. The van der Waals surface area contributed by atoms with Crippen molar-refractivity contribution in [3.8, 4) is 5.75 Å². The third kappa shape index (κ3) is 5.80. The molecular formula is C27H33ClN2O4. The van der Waals surface area contributed by atoms with Crippen LogP contribution in [0.3, 0.4) is 0 Å². The molecular weight excluding hydrogens is 452 g/mol. The molecule has 1 fully saturated rings. The zero-order chi connectivity index (χ0) is 24.7. The molecule has 0 aliphatic carbocycles. The maximum absolute atomic E-state index is 13.4. The fourth-order valence-electron chi connectivity index (χ4n) is 4.27. The van der Waals surface area contributed by atoms with Gasteiger partial charge in [-0.25, -0.2) is 0 Å². The number of ketones is 1. The minimum atomic E-state index is -0.730. The monoisotopic (exact) mass is 484 g/mol. The molecule has 1 N–H and O–H groups in total. The van der Waals surface area contributed by atoms with Crippen molar-refractivity contribution in [3.63, 3.8) is 0 Å². The first-order valence-corrected chi connectivity index (χ1v) is 12.4. The predicted octanol–water partition coefficient (Wildman–Crippen LogP) is 2.67. The van der Waals surface area contributed by atoms with Crippen molar-refractivity contribution in [2.24, 2.45) is 0 Å². The summed E-state index contributed by atoms with van der Waals surface area (Å²) in [5.41, 5.74) is 1.04. The maximum Gasteiger partial charge on any atom is 0.295 e. The van der Waals surface area contributed by atoms with Gasteiger partial charge in [0.2, 0.25) is 5.78 Å². The molecule has 1 atom stereocenters. The van der Waals surface area contributed by atoms with Crippen molar-refractivity contribution in [2.45, 2.75) is 39.7 Å². The molecule has 3 rings (SSSR count). The summed E-state index contributed by atoms with van der Waals surface area (Å²) in [7, 11) is 0. The van der Waals surface area contributed by atoms with E-state index in [-0.39, 0.29) is 5.57 Å². The van der Waals surface area contributed by atoms with Gasteiger partial charge in [0.05, 0.1) is 32.3 Å². The van der Waals surface area contributed by atoms with Gasteiger partial charge in [0.15, 0.2) is 0 Å². The summed E-state index contributed by atoms with van der Waals surface area (Å²) in [6, 6.07) is 13.0. The highest BCUT2D eigenvalue weighted by molar-refractivity contribution is 6.46. The fraction of sp³-hybridized carbons (Fsp3) is 0.407. The number of rotatable bonds is 11. The topological polar surface area (TPSA) is 74.1 Å². The molecule has 1 aliphatic heterocycles. The van der Waals surface area contributed by atoms with Gasteiger partial charge in [0, 0.05) is 23.6 Å². The molecule has 0 aromatic heterocycles. The molecule has 1 saturated heterocycles. The largest absolute Gasteiger partial charge is 0.872 e. The van der Waals surface area contributed by atoms with E-state index in [1.165, 1.54) is 4.90 Å². The molecule has 34 heavy (non-hydrogen) atoms. The number of amides is 1. The Balaban J connectivity index is 1.99. The molecule has 7 heteroatoms. The smallest absolute Gasteiger partial charge is 0.295 e. The Labute approximate surface area is 206 Å². The van der Waals surface area contributed by atoms with Crippen LogP contribution in [0.25, 0.3) is 5.76 Å². The number of hydrogen-bond donors (Lipinski definition) is 1. The van der Waals surface area contributed by atoms with Crippen molar-refractivity contribution < 1.29 is 24.3 Å². The Morgan fingerprint density at radius 3 is 2.26 bits per heavy atom. The second-order valence-electron chi connectivity index (χ2n) is 8.46. The minimum Gasteiger partial charge on any atom is -0.872 e. The van der Waals surface area contributed by atoms with Gasteiger partial charge < -0.3 is 19.6 Å². The zero-order valence-electron chi connectivity index (χ0n) is 20.1. The third-order valence-corrected chi connectivity index (χ3v) is 6.49. The summed E-state index contributed by atoms with van der Waals surface area (Å²) in [5.74, 6) is -1.08. The molecule has 0 bridgehead atoms. The summed E-state index contributed by atoms with van der Waals surface area (Å²) >= 11 is 5.97. The number of carbonyl (C=O) groups excluding carboxylic acids is 2. The summed E-state index contributed by atoms with van der Waals surface area (Å²) in [5, 5.41) is 13.9. The molecule has 6 nitrogen and oxygen atoms in total. The second kappa shape index (κ2) is 12.0. The van der Waals surface area contributed by atoms with E-state index in [0.717, 1.165) is 38.0 Å². The van der Waals surface area contributed by atoms with Crippen LogP contribution in [0.4, 0.5) is 0 Å². The van der Waals surface area contributed by atoms with Crippen LogP contribution in [0.15, 0.2) is 54.1 Å². The predicted molar refractivity (Wildman–Crippen MR) is 132 cm³/mol. The highest BCUT2D eigenvalue weighted by atomic mass is 35.5. The number of ether oxygens (including phenoxy) is 1. The lowest BCUT2D eigenvalue weighted by molar-refractivity contribution is -0.896. The number of benzene rings is 2. The highest BCUT2D eigenvalue weighted by Gasteiger charge is 2.44. The van der Waals surface area contributed by atoms with E-state index < -0.39 is 23.5 Å². The van der Waals surface area contributed by atoms with Crippen LogP contribution in [0, 0.1) is 0 Å². The molecule has 0 saturated carbocycles. The lowest BCUT2D eigenvalue weighted by Gasteiger charge is -2.28. The molecule has 182 valence electrons. The Morgan fingerprint density at radius 1 is 1.03 bits per heavy atom. The number of halogens is 1. The Bertz CT molecular complexity index is 1010. The molecule has 2 aromatic rings. The van der Waals surface area contributed by atoms with Gasteiger partial charge in [-0.3, -0.25) is 9.59 Å². The van der Waals surface area contributed by atoms with Crippen molar-refractivity contribution >= 4 is 29.1 Å². The average Bonchev–Trinajstić information content (AvgIpc) is 3.10. The second-order valence-corrected chi connectivity index (χ2v) is 8.89. The fourth-order valence-corrected chi connectivity index (χ4v) is 4.40. The quantitative estimate of drug-likeness (QED) is 0.302. The number of nitrogens with zero attached hydrogens (tertiary/aromatic N) is 1. The lowest BCUT2D eigenvalue weighted by Crippen LogP contribution is -3.11. The zero-order valence-corrected chi connectivity index (χ0v) is 20.9. The van der Waals surface area contributed by atoms with Crippen molar-refractivity contribution in [3.05, 3.63) is 70.3 Å². The van der Waals surface area contributed by atoms with Crippen LogP contribution in [0.5, 0.6) is 5.75 Å². The van der Waals surface area contributed by atoms with E-state index in [2.05, 4.69) is 13.8 Å². The van der Waals surface area contributed by atoms with E-state index in [9.17, 15) is 14.7 Å². The molecule has 0 radical (unpaired) electrons. The average molecular weight is 485 g/mol. The first-order valence-electron chi connectivity index (χ1n) is 12.0. The number of carbonyl (C=O) groups is 2. The van der Waals surface area contributed by atoms with E-state index in [4.69, 9.17) is 16.3 Å². The summed E-state index contributed by atoms with van der Waals surface area (Å²) in [4.78, 5) is 29.1. The van der Waals surface area contributed by atoms with Crippen LogP contribution >= 0.6 is 11.6 Å². The van der Waals surface area contributed by atoms with Crippen LogP contribution in [-0.2, 0) is 9.59 Å². The SMILES string of the molecule is CCCOc1ccc(C2C(=C([O-])c3ccc(Cl)cc3)C(=O)C(=O)N2CCC[NH+](CC)CC)cc1. The normalized spacial score (nSPS) is 17.6. The van der Waals surface area contributed by atoms with Gasteiger partial charge in [0.25, 0.3) is 5.91 Å². The van der Waals surface area contributed by atoms with Gasteiger partial charge in [-0.2, -0.15) is 0 Å².